The molecule has 2 aliphatic carbocycles. The first kappa shape index (κ1) is 23.7. The molecule has 9 heteroatoms. The van der Waals surface area contributed by atoms with Crippen LogP contribution in [-0.4, -0.2) is 25.4 Å². The monoisotopic (exact) mass is 494 g/mol. The maximum atomic E-state index is 14.9. The van der Waals surface area contributed by atoms with Crippen LogP contribution in [-0.2, 0) is 17.6 Å². The van der Waals surface area contributed by atoms with Gasteiger partial charge >= 0.3 is 0 Å². The number of nitriles is 1. The summed E-state index contributed by atoms with van der Waals surface area (Å²) < 4.78 is 17.0. The highest BCUT2D eigenvalue weighted by molar-refractivity contribution is 6.31. The molecule has 2 aliphatic rings. The van der Waals surface area contributed by atoms with E-state index < -0.39 is 11.2 Å². The van der Waals surface area contributed by atoms with Crippen molar-refractivity contribution in [3.8, 4) is 6.07 Å². The van der Waals surface area contributed by atoms with E-state index in [9.17, 15) is 9.18 Å². The second kappa shape index (κ2) is 9.19. The third-order valence-corrected chi connectivity index (χ3v) is 8.21. The number of halogens is 2. The molecule has 182 valence electrons. The molecule has 0 bridgehead atoms. The van der Waals surface area contributed by atoms with E-state index in [1.165, 1.54) is 31.4 Å². The summed E-state index contributed by atoms with van der Waals surface area (Å²) in [5.41, 5.74) is 7.01. The van der Waals surface area contributed by atoms with Crippen molar-refractivity contribution in [3.63, 3.8) is 0 Å². The average molecular weight is 495 g/mol. The number of amides is 1. The van der Waals surface area contributed by atoms with Crippen LogP contribution < -0.4 is 5.73 Å². The molecule has 7 nitrogen and oxygen atoms in total. The van der Waals surface area contributed by atoms with E-state index in [1.54, 1.807) is 6.20 Å². The highest BCUT2D eigenvalue weighted by Gasteiger charge is 2.37. The second-order valence-electron chi connectivity index (χ2n) is 10.3. The lowest BCUT2D eigenvalue weighted by Gasteiger charge is -2.36. The Morgan fingerprint density at radius 3 is 2.63 bits per heavy atom. The predicted molar refractivity (Wildman–Crippen MR) is 130 cm³/mol. The minimum Gasteiger partial charge on any atom is -0.369 e. The Labute approximate surface area is 208 Å². The number of hydrogen-bond acceptors (Lipinski definition) is 5. The SMILES string of the molecule is CC1(C(N)=O)CCC(n2c(Cc3c(F)cc(C#N)cc3Cl)nc3cnc(CC4CCC4)nc32)CC1. The van der Waals surface area contributed by atoms with Crippen molar-refractivity contribution in [2.24, 2.45) is 17.1 Å². The maximum Gasteiger partial charge on any atom is 0.223 e. The summed E-state index contributed by atoms with van der Waals surface area (Å²) in [5.74, 6) is 1.27. The van der Waals surface area contributed by atoms with E-state index in [0.717, 1.165) is 30.7 Å². The number of nitrogens with two attached hydrogens (primary N) is 1. The Balaban J connectivity index is 1.55. The lowest BCUT2D eigenvalue weighted by molar-refractivity contribution is -0.128. The summed E-state index contributed by atoms with van der Waals surface area (Å²) in [6, 6.07) is 4.65. The fraction of sp³-hybridized carbons (Fsp3) is 0.500. The zero-order valence-corrected chi connectivity index (χ0v) is 20.5. The number of imidazole rings is 1. The standard InChI is InChI=1S/C26H28ClFN6O/c1-26(25(30)35)7-5-17(6-8-26)34-23(12-18-19(27)9-16(13-29)10-20(18)28)32-21-14-31-22(33-24(21)34)11-15-3-2-4-15/h9-10,14-15,17H,2-8,11-12H2,1H3,(H2,30,35). The van der Waals surface area contributed by atoms with Crippen molar-refractivity contribution >= 4 is 28.7 Å². The molecule has 0 radical (unpaired) electrons. The van der Waals surface area contributed by atoms with Gasteiger partial charge in [0, 0.05) is 34.9 Å². The Morgan fingerprint density at radius 2 is 2.03 bits per heavy atom. The Morgan fingerprint density at radius 1 is 1.29 bits per heavy atom. The molecule has 2 heterocycles. The third kappa shape index (κ3) is 4.50. The molecule has 0 unspecified atom stereocenters. The minimum absolute atomic E-state index is 0.0501. The fourth-order valence-corrected chi connectivity index (χ4v) is 5.55. The van der Waals surface area contributed by atoms with Crippen molar-refractivity contribution in [1.82, 2.24) is 19.5 Å². The van der Waals surface area contributed by atoms with E-state index in [4.69, 9.17) is 32.6 Å². The highest BCUT2D eigenvalue weighted by atomic mass is 35.5. The quantitative estimate of drug-likeness (QED) is 0.516. The second-order valence-corrected chi connectivity index (χ2v) is 10.7. The van der Waals surface area contributed by atoms with Crippen molar-refractivity contribution < 1.29 is 9.18 Å². The van der Waals surface area contributed by atoms with Gasteiger partial charge in [0.05, 0.1) is 17.8 Å². The van der Waals surface area contributed by atoms with Crippen LogP contribution >= 0.6 is 11.6 Å². The Kier molecular flexibility index (Phi) is 6.22. The van der Waals surface area contributed by atoms with Gasteiger partial charge in [0.2, 0.25) is 5.91 Å². The zero-order chi connectivity index (χ0) is 24.7. The molecule has 2 fully saturated rings. The number of hydrogen-bond donors (Lipinski definition) is 1. The largest absolute Gasteiger partial charge is 0.369 e. The van der Waals surface area contributed by atoms with Gasteiger partial charge in [0.15, 0.2) is 5.65 Å². The van der Waals surface area contributed by atoms with Crippen LogP contribution in [0.5, 0.6) is 0 Å². The van der Waals surface area contributed by atoms with E-state index in [2.05, 4.69) is 9.55 Å². The normalized spacial score (nSPS) is 22.6. The molecule has 2 aromatic heterocycles. The molecule has 2 N–H and O–H groups in total. The smallest absolute Gasteiger partial charge is 0.223 e. The lowest BCUT2D eigenvalue weighted by atomic mass is 9.73. The van der Waals surface area contributed by atoms with Gasteiger partial charge in [-0.05, 0) is 43.7 Å². The van der Waals surface area contributed by atoms with Crippen LogP contribution in [0.2, 0.25) is 5.02 Å². The van der Waals surface area contributed by atoms with Crippen LogP contribution in [0.15, 0.2) is 18.3 Å². The molecule has 0 aliphatic heterocycles. The highest BCUT2D eigenvalue weighted by Crippen LogP contribution is 2.42. The van der Waals surface area contributed by atoms with Crippen molar-refractivity contribution in [2.75, 3.05) is 0 Å². The number of carbonyl (C=O) groups is 1. The number of nitrogens with zero attached hydrogens (tertiary/aromatic N) is 5. The van der Waals surface area contributed by atoms with Gasteiger partial charge in [0.1, 0.15) is 23.0 Å². The van der Waals surface area contributed by atoms with Crippen molar-refractivity contribution in [3.05, 3.63) is 51.9 Å². The predicted octanol–water partition coefficient (Wildman–Crippen LogP) is 5.03. The molecule has 5 rings (SSSR count). The van der Waals surface area contributed by atoms with Crippen molar-refractivity contribution in [1.29, 1.82) is 5.26 Å². The molecule has 3 aromatic rings. The first-order chi connectivity index (χ1) is 16.8. The van der Waals surface area contributed by atoms with Crippen LogP contribution in [0.3, 0.4) is 0 Å². The van der Waals surface area contributed by atoms with E-state index in [-0.39, 0.29) is 29.0 Å². The van der Waals surface area contributed by atoms with Gasteiger partial charge < -0.3 is 10.3 Å². The van der Waals surface area contributed by atoms with E-state index in [0.29, 0.717) is 35.7 Å². The van der Waals surface area contributed by atoms with Gasteiger partial charge in [-0.15, -0.1) is 0 Å². The number of carbonyl (C=O) groups excluding carboxylic acids is 1. The molecule has 0 atom stereocenters. The van der Waals surface area contributed by atoms with E-state index in [1.807, 2.05) is 13.0 Å². The fourth-order valence-electron chi connectivity index (χ4n) is 5.27. The molecule has 1 amide bonds. The summed E-state index contributed by atoms with van der Waals surface area (Å²) in [7, 11) is 0. The summed E-state index contributed by atoms with van der Waals surface area (Å²) >= 11 is 6.37. The van der Waals surface area contributed by atoms with E-state index >= 15 is 0 Å². The number of benzene rings is 1. The first-order valence-electron chi connectivity index (χ1n) is 12.2. The molecular formula is C26H28ClFN6O. The van der Waals surface area contributed by atoms with Gasteiger partial charge in [-0.2, -0.15) is 5.26 Å². The lowest BCUT2D eigenvalue weighted by Crippen LogP contribution is -2.38. The minimum atomic E-state index is -0.533. The Bertz CT molecular complexity index is 1310. The summed E-state index contributed by atoms with van der Waals surface area (Å²) in [6.45, 7) is 1.92. The first-order valence-corrected chi connectivity index (χ1v) is 12.6. The molecule has 35 heavy (non-hydrogen) atoms. The zero-order valence-electron chi connectivity index (χ0n) is 19.7. The topological polar surface area (TPSA) is 110 Å². The molecular weight excluding hydrogens is 467 g/mol. The van der Waals surface area contributed by atoms with Crippen molar-refractivity contribution in [2.45, 2.75) is 70.8 Å². The Hall–Kier alpha value is -3.05. The summed E-state index contributed by atoms with van der Waals surface area (Å²) in [4.78, 5) is 26.3. The molecule has 1 aromatic carbocycles. The third-order valence-electron chi connectivity index (χ3n) is 7.88. The van der Waals surface area contributed by atoms with Crippen LogP contribution in [0.25, 0.3) is 11.2 Å². The number of rotatable bonds is 6. The summed E-state index contributed by atoms with van der Waals surface area (Å²) in [6.07, 6.45) is 9.23. The van der Waals surface area contributed by atoms with Gasteiger partial charge in [-0.3, -0.25) is 4.79 Å². The van der Waals surface area contributed by atoms with Gasteiger partial charge in [-0.25, -0.2) is 19.3 Å². The van der Waals surface area contributed by atoms with Crippen LogP contribution in [0.4, 0.5) is 4.39 Å². The maximum absolute atomic E-state index is 14.9. The molecule has 0 spiro atoms. The van der Waals surface area contributed by atoms with Crippen LogP contribution in [0, 0.1) is 28.5 Å². The number of primary amides is 1. The number of fused-ring (bicyclic) bond motifs is 1. The van der Waals surface area contributed by atoms with Gasteiger partial charge in [0.25, 0.3) is 0 Å². The molecule has 0 saturated heterocycles. The molecule has 2 saturated carbocycles. The number of aromatic nitrogens is 4. The van der Waals surface area contributed by atoms with Crippen LogP contribution in [0.1, 0.15) is 80.7 Å². The summed E-state index contributed by atoms with van der Waals surface area (Å²) in [5, 5.41) is 9.32. The average Bonchev–Trinajstić information content (AvgIpc) is 3.16. The van der Waals surface area contributed by atoms with Gasteiger partial charge in [-0.1, -0.05) is 37.8 Å².